The molecule has 2 N–H and O–H groups in total. The Balaban J connectivity index is 0.000000145. The zero-order valence-corrected chi connectivity index (χ0v) is 39.7. The van der Waals surface area contributed by atoms with E-state index in [0.717, 1.165) is 58.4 Å². The average molecular weight is 933 g/mol. The first kappa shape index (κ1) is 48.5. The lowest BCUT2D eigenvalue weighted by Gasteiger charge is -2.33. The molecule has 11 atom stereocenters. The minimum atomic E-state index is -1.49. The maximum atomic E-state index is 12.4. The van der Waals surface area contributed by atoms with Crippen molar-refractivity contribution >= 4 is 33.2 Å². The maximum Gasteiger partial charge on any atom is 0.189 e. The van der Waals surface area contributed by atoms with Crippen molar-refractivity contribution in [2.45, 2.75) is 91.1 Å². The second-order valence-electron chi connectivity index (χ2n) is 16.7. The molecule has 3 aliphatic rings. The summed E-state index contributed by atoms with van der Waals surface area (Å²) in [4.78, 5) is 2.14. The average Bonchev–Trinajstić information content (AvgIpc) is 3.35. The second-order valence-corrected chi connectivity index (χ2v) is 20.2. The number of benzene rings is 6. The summed E-state index contributed by atoms with van der Waals surface area (Å²) in [5, 5.41) is 21.9. The van der Waals surface area contributed by atoms with E-state index in [2.05, 4.69) is 37.3 Å². The molecular formula is C54H60O8S3. The molecule has 0 spiro atoms. The van der Waals surface area contributed by atoms with Crippen molar-refractivity contribution in [1.29, 1.82) is 0 Å². The summed E-state index contributed by atoms with van der Waals surface area (Å²) in [6.07, 6.45) is 2.52. The number of aliphatic hydroxyl groups is 2. The van der Waals surface area contributed by atoms with Gasteiger partial charge >= 0.3 is 0 Å². The molecule has 6 aromatic rings. The Hall–Kier alpha value is -4.43. The van der Waals surface area contributed by atoms with Crippen LogP contribution in [0, 0.1) is 17.8 Å². The highest BCUT2D eigenvalue weighted by Crippen LogP contribution is 2.40. The Labute approximate surface area is 392 Å². The minimum Gasteiger partial charge on any atom is -0.392 e. The van der Waals surface area contributed by atoms with Gasteiger partial charge in [-0.2, -0.15) is 0 Å². The van der Waals surface area contributed by atoms with Gasteiger partial charge in [-0.1, -0.05) is 173 Å². The van der Waals surface area contributed by atoms with Crippen LogP contribution in [0.15, 0.2) is 178 Å². The summed E-state index contributed by atoms with van der Waals surface area (Å²) in [5.74, 6) is 0.281. The molecule has 6 aromatic carbocycles. The summed E-state index contributed by atoms with van der Waals surface area (Å²) < 4.78 is 53.7. The van der Waals surface area contributed by atoms with Crippen LogP contribution in [-0.4, -0.2) is 54.9 Å². The Bertz CT molecular complexity index is 2370. The first-order valence-corrected chi connectivity index (χ1v) is 25.9. The highest BCUT2D eigenvalue weighted by atomic mass is 32.2. The molecule has 3 unspecified atom stereocenters. The summed E-state index contributed by atoms with van der Waals surface area (Å²) in [7, 11) is 0. The molecule has 0 saturated heterocycles. The Morgan fingerprint density at radius 1 is 0.431 bits per heavy atom. The van der Waals surface area contributed by atoms with E-state index in [4.69, 9.17) is 12.5 Å². The molecular weight excluding hydrogens is 873 g/mol. The van der Waals surface area contributed by atoms with Gasteiger partial charge in [-0.25, -0.2) is 12.6 Å². The van der Waals surface area contributed by atoms with Crippen LogP contribution in [0.5, 0.6) is 0 Å². The SMILES string of the molecule is CC[C@@H]1COS(=O)c2ccccc2[C@@H](c2ccccc2)[C@H]1O.CC[C@@H]1COS(=O)c2ccccc2[C@H](c2ccccc2)C1.CC[C@@H]1COS(=O)c2ccccc2[C@H](c2ccccc2)[C@H]1O. The normalized spacial score (nSPS) is 27.6. The summed E-state index contributed by atoms with van der Waals surface area (Å²) >= 11 is -4.33. The molecule has 65 heavy (non-hydrogen) atoms. The number of hydrogen-bond acceptors (Lipinski definition) is 8. The molecule has 342 valence electrons. The maximum absolute atomic E-state index is 12.4. The van der Waals surface area contributed by atoms with Gasteiger partial charge in [0.25, 0.3) is 0 Å². The predicted octanol–water partition coefficient (Wildman–Crippen LogP) is 10.8. The largest absolute Gasteiger partial charge is 0.392 e. The highest BCUT2D eigenvalue weighted by Gasteiger charge is 2.36. The van der Waals surface area contributed by atoms with Crippen molar-refractivity contribution in [3.8, 4) is 0 Å². The monoisotopic (exact) mass is 932 g/mol. The molecule has 11 heteroatoms. The fourth-order valence-electron chi connectivity index (χ4n) is 9.06. The number of aliphatic hydroxyl groups excluding tert-OH is 2. The van der Waals surface area contributed by atoms with E-state index >= 15 is 0 Å². The molecule has 0 fully saturated rings. The van der Waals surface area contributed by atoms with Crippen LogP contribution in [0.25, 0.3) is 0 Å². The molecule has 3 heterocycles. The van der Waals surface area contributed by atoms with Gasteiger partial charge < -0.3 is 10.2 Å². The third kappa shape index (κ3) is 11.8. The second kappa shape index (κ2) is 23.8. The Morgan fingerprint density at radius 3 is 1.17 bits per heavy atom. The van der Waals surface area contributed by atoms with E-state index in [-0.39, 0.29) is 23.7 Å². The smallest absolute Gasteiger partial charge is 0.189 e. The van der Waals surface area contributed by atoms with Crippen molar-refractivity contribution in [2.75, 3.05) is 19.8 Å². The summed E-state index contributed by atoms with van der Waals surface area (Å²) in [5.41, 5.74) is 6.29. The van der Waals surface area contributed by atoms with Gasteiger partial charge in [0.15, 0.2) is 33.2 Å². The lowest BCUT2D eigenvalue weighted by atomic mass is 9.80. The molecule has 0 radical (unpaired) electrons. The fourth-order valence-corrected chi connectivity index (χ4v) is 12.1. The van der Waals surface area contributed by atoms with Crippen molar-refractivity contribution in [3.05, 3.63) is 197 Å². The third-order valence-corrected chi connectivity index (χ3v) is 16.1. The fraction of sp³-hybridized carbons (Fsp3) is 0.333. The van der Waals surface area contributed by atoms with E-state index in [0.29, 0.717) is 41.4 Å². The van der Waals surface area contributed by atoms with E-state index in [1.807, 2.05) is 147 Å². The van der Waals surface area contributed by atoms with Gasteiger partial charge in [0.1, 0.15) is 0 Å². The van der Waals surface area contributed by atoms with E-state index in [9.17, 15) is 22.8 Å². The van der Waals surface area contributed by atoms with Crippen LogP contribution in [0.1, 0.15) is 97.6 Å². The van der Waals surface area contributed by atoms with Gasteiger partial charge in [0.2, 0.25) is 0 Å². The third-order valence-electron chi connectivity index (χ3n) is 12.9. The van der Waals surface area contributed by atoms with Gasteiger partial charge in [-0.15, -0.1) is 0 Å². The Morgan fingerprint density at radius 2 is 0.769 bits per heavy atom. The van der Waals surface area contributed by atoms with E-state index < -0.39 is 45.4 Å². The van der Waals surface area contributed by atoms with Crippen LogP contribution in [0.2, 0.25) is 0 Å². The number of fused-ring (bicyclic) bond motifs is 3. The van der Waals surface area contributed by atoms with Crippen molar-refractivity contribution in [3.63, 3.8) is 0 Å². The van der Waals surface area contributed by atoms with Crippen LogP contribution < -0.4 is 0 Å². The highest BCUT2D eigenvalue weighted by molar-refractivity contribution is 7.80. The van der Waals surface area contributed by atoms with Gasteiger partial charge in [0, 0.05) is 29.6 Å². The summed E-state index contributed by atoms with van der Waals surface area (Å²) in [6.45, 7) is 7.41. The van der Waals surface area contributed by atoms with Gasteiger partial charge in [-0.3, -0.25) is 12.5 Å². The van der Waals surface area contributed by atoms with Crippen molar-refractivity contribution in [1.82, 2.24) is 0 Å². The molecule has 9 rings (SSSR count). The molecule has 8 nitrogen and oxygen atoms in total. The zero-order chi connectivity index (χ0) is 45.7. The standard InChI is InChI=1S/2C18H20O3S.C18H20O2S/c2*1-2-13-12-21-22(20)16-11-7-6-10-15(16)17(18(13)19)14-8-4-3-5-9-14;1-2-14-12-17(15-8-4-3-5-9-15)16-10-6-7-11-18(16)21(19)20-13-14/h2*3-11,13,17-19H,2,12H2,1H3;3-11,14,17H,2,12-13H2,1H3/t13-,17+,18+,22?;13-,17-,18+,22?;14-,17-,21?/m110/s1. The molecule has 0 aliphatic carbocycles. The zero-order valence-electron chi connectivity index (χ0n) is 37.2. The molecule has 0 bridgehead atoms. The van der Waals surface area contributed by atoms with Crippen LogP contribution in [0.4, 0.5) is 0 Å². The van der Waals surface area contributed by atoms with Crippen LogP contribution in [-0.2, 0) is 45.8 Å². The topological polar surface area (TPSA) is 119 Å². The van der Waals surface area contributed by atoms with Crippen molar-refractivity contribution in [2.24, 2.45) is 17.8 Å². The molecule has 3 aliphatic heterocycles. The number of hydrogen-bond donors (Lipinski definition) is 2. The van der Waals surface area contributed by atoms with Gasteiger partial charge in [-0.05, 0) is 76.8 Å². The quantitative estimate of drug-likeness (QED) is 0.169. The minimum absolute atomic E-state index is 0.0393. The lowest BCUT2D eigenvalue weighted by Crippen LogP contribution is -2.34. The summed E-state index contributed by atoms with van der Waals surface area (Å²) in [6, 6.07) is 53.4. The van der Waals surface area contributed by atoms with E-state index in [1.54, 1.807) is 0 Å². The molecule has 0 saturated carbocycles. The van der Waals surface area contributed by atoms with Crippen LogP contribution >= 0.6 is 0 Å². The van der Waals surface area contributed by atoms with E-state index in [1.165, 1.54) is 5.56 Å². The Kier molecular flexibility index (Phi) is 17.8. The predicted molar refractivity (Wildman–Crippen MR) is 259 cm³/mol. The lowest BCUT2D eigenvalue weighted by molar-refractivity contribution is 0.0596. The van der Waals surface area contributed by atoms with Crippen LogP contribution in [0.3, 0.4) is 0 Å². The first-order chi connectivity index (χ1) is 31.7. The molecule has 0 aromatic heterocycles. The number of rotatable bonds is 6. The molecule has 0 amide bonds. The first-order valence-electron chi connectivity index (χ1n) is 22.7. The van der Waals surface area contributed by atoms with Gasteiger partial charge in [0.05, 0.1) is 46.7 Å². The van der Waals surface area contributed by atoms with Crippen molar-refractivity contribution < 1.29 is 35.4 Å².